The van der Waals surface area contributed by atoms with Crippen molar-refractivity contribution in [3.05, 3.63) is 53.6 Å². The van der Waals surface area contributed by atoms with Gasteiger partial charge in [0.2, 0.25) is 0 Å². The molecule has 1 heterocycles. The Morgan fingerprint density at radius 2 is 1.52 bits per heavy atom. The van der Waals surface area contributed by atoms with Crippen LogP contribution in [0, 0.1) is 0 Å². The summed E-state index contributed by atoms with van der Waals surface area (Å²) in [6.07, 6.45) is 0. The molecule has 1 aromatic heterocycles. The van der Waals surface area contributed by atoms with Crippen molar-refractivity contribution in [2.24, 2.45) is 0 Å². The van der Waals surface area contributed by atoms with Crippen molar-refractivity contribution >= 4 is 44.2 Å². The van der Waals surface area contributed by atoms with Crippen LogP contribution >= 0.6 is 11.6 Å². The lowest BCUT2D eigenvalue weighted by Gasteiger charge is -2.10. The number of halogens is 1. The standard InChI is InChI=1S/C19H14ClNO2/c1-22-18-9-12-8-15-14-5-4-13(20)7-11(14)3-6-16(15)21-17(12)10-19(18)23-2/h3-10H,1-2H3. The molecule has 4 aromatic rings. The molecule has 0 spiro atoms. The molecule has 0 saturated carbocycles. The molecular formula is C19H14ClNO2. The molecule has 3 aromatic carbocycles. The summed E-state index contributed by atoms with van der Waals surface area (Å²) in [5.74, 6) is 1.38. The largest absolute Gasteiger partial charge is 0.493 e. The maximum Gasteiger partial charge on any atom is 0.162 e. The average molecular weight is 324 g/mol. The second kappa shape index (κ2) is 5.28. The summed E-state index contributed by atoms with van der Waals surface area (Å²) in [6, 6.07) is 16.0. The smallest absolute Gasteiger partial charge is 0.162 e. The first-order chi connectivity index (χ1) is 11.2. The SMILES string of the molecule is COc1cc2cc3c(ccc4cc(Cl)ccc43)nc2cc1OC. The highest BCUT2D eigenvalue weighted by Crippen LogP contribution is 2.34. The molecule has 114 valence electrons. The third-order valence-corrected chi connectivity index (χ3v) is 4.31. The van der Waals surface area contributed by atoms with Crippen LogP contribution in [-0.4, -0.2) is 19.2 Å². The van der Waals surface area contributed by atoms with E-state index in [1.54, 1.807) is 14.2 Å². The number of pyridine rings is 1. The zero-order chi connectivity index (χ0) is 16.0. The quantitative estimate of drug-likeness (QED) is 0.375. The first kappa shape index (κ1) is 14.1. The molecule has 4 heteroatoms. The Morgan fingerprint density at radius 3 is 2.30 bits per heavy atom. The van der Waals surface area contributed by atoms with Crippen molar-refractivity contribution in [2.75, 3.05) is 14.2 Å². The van der Waals surface area contributed by atoms with Gasteiger partial charge in [-0.15, -0.1) is 0 Å². The van der Waals surface area contributed by atoms with Crippen LogP contribution < -0.4 is 9.47 Å². The molecule has 0 radical (unpaired) electrons. The Balaban J connectivity index is 2.10. The van der Waals surface area contributed by atoms with Crippen LogP contribution in [0.1, 0.15) is 0 Å². The van der Waals surface area contributed by atoms with Crippen molar-refractivity contribution in [1.82, 2.24) is 4.98 Å². The summed E-state index contributed by atoms with van der Waals surface area (Å²) >= 11 is 6.09. The van der Waals surface area contributed by atoms with Crippen molar-refractivity contribution in [1.29, 1.82) is 0 Å². The Kier molecular flexibility index (Phi) is 3.24. The Bertz CT molecular complexity index is 1060. The van der Waals surface area contributed by atoms with Gasteiger partial charge in [0.15, 0.2) is 11.5 Å². The van der Waals surface area contributed by atoms with Gasteiger partial charge >= 0.3 is 0 Å². The number of hydrogen-bond donors (Lipinski definition) is 0. The predicted octanol–water partition coefficient (Wildman–Crippen LogP) is 5.21. The molecule has 23 heavy (non-hydrogen) atoms. The zero-order valence-electron chi connectivity index (χ0n) is 12.8. The predicted molar refractivity (Wildman–Crippen MR) is 94.9 cm³/mol. The molecule has 0 bridgehead atoms. The molecule has 0 aliphatic carbocycles. The number of nitrogens with zero attached hydrogens (tertiary/aromatic N) is 1. The lowest BCUT2D eigenvalue weighted by atomic mass is 10.0. The highest BCUT2D eigenvalue weighted by molar-refractivity contribution is 6.31. The first-order valence-corrected chi connectivity index (χ1v) is 7.62. The van der Waals surface area contributed by atoms with E-state index in [1.807, 2.05) is 42.5 Å². The molecule has 0 amide bonds. The van der Waals surface area contributed by atoms with Gasteiger partial charge in [0.05, 0.1) is 25.3 Å². The lowest BCUT2D eigenvalue weighted by Crippen LogP contribution is -1.92. The zero-order valence-corrected chi connectivity index (χ0v) is 13.5. The van der Waals surface area contributed by atoms with Gasteiger partial charge in [-0.1, -0.05) is 23.7 Å². The highest BCUT2D eigenvalue weighted by Gasteiger charge is 2.09. The van der Waals surface area contributed by atoms with E-state index in [1.165, 1.54) is 0 Å². The van der Waals surface area contributed by atoms with Crippen LogP contribution in [0.5, 0.6) is 11.5 Å². The minimum Gasteiger partial charge on any atom is -0.493 e. The second-order valence-corrected chi connectivity index (χ2v) is 5.82. The fourth-order valence-corrected chi connectivity index (χ4v) is 3.12. The second-order valence-electron chi connectivity index (χ2n) is 5.39. The number of aromatic nitrogens is 1. The van der Waals surface area contributed by atoms with Gasteiger partial charge in [-0.3, -0.25) is 0 Å². The maximum absolute atomic E-state index is 6.09. The summed E-state index contributed by atoms with van der Waals surface area (Å²) in [4.78, 5) is 4.77. The maximum atomic E-state index is 6.09. The van der Waals surface area contributed by atoms with E-state index in [-0.39, 0.29) is 0 Å². The summed E-state index contributed by atoms with van der Waals surface area (Å²) in [5.41, 5.74) is 1.82. The van der Waals surface area contributed by atoms with Crippen LogP contribution in [0.2, 0.25) is 5.02 Å². The monoisotopic (exact) mass is 323 g/mol. The molecule has 0 N–H and O–H groups in total. The molecule has 0 saturated heterocycles. The van der Waals surface area contributed by atoms with Crippen LogP contribution in [0.4, 0.5) is 0 Å². The number of ether oxygens (including phenoxy) is 2. The molecule has 4 rings (SSSR count). The Hall–Kier alpha value is -2.52. The fourth-order valence-electron chi connectivity index (χ4n) is 2.94. The third kappa shape index (κ3) is 2.25. The van der Waals surface area contributed by atoms with Gasteiger partial charge in [0.25, 0.3) is 0 Å². The van der Waals surface area contributed by atoms with E-state index in [0.29, 0.717) is 11.5 Å². The minimum atomic E-state index is 0.680. The third-order valence-electron chi connectivity index (χ3n) is 4.07. The number of benzene rings is 3. The van der Waals surface area contributed by atoms with Crippen LogP contribution in [0.25, 0.3) is 32.6 Å². The van der Waals surface area contributed by atoms with Crippen LogP contribution in [0.15, 0.2) is 48.5 Å². The minimum absolute atomic E-state index is 0.680. The van der Waals surface area contributed by atoms with Gasteiger partial charge in [-0.2, -0.15) is 0 Å². The Labute approximate surface area is 138 Å². The topological polar surface area (TPSA) is 31.4 Å². The average Bonchev–Trinajstić information content (AvgIpc) is 2.58. The van der Waals surface area contributed by atoms with Crippen molar-refractivity contribution in [3.8, 4) is 11.5 Å². The number of rotatable bonds is 2. The van der Waals surface area contributed by atoms with Crippen molar-refractivity contribution in [2.45, 2.75) is 0 Å². The van der Waals surface area contributed by atoms with E-state index in [2.05, 4.69) is 6.07 Å². The molecule has 0 aliphatic rings. The number of methoxy groups -OCH3 is 2. The molecule has 3 nitrogen and oxygen atoms in total. The fraction of sp³-hybridized carbons (Fsp3) is 0.105. The number of fused-ring (bicyclic) bond motifs is 4. The summed E-state index contributed by atoms with van der Waals surface area (Å²) in [6.45, 7) is 0. The molecule has 0 unspecified atom stereocenters. The molecule has 0 fully saturated rings. The van der Waals surface area contributed by atoms with Gasteiger partial charge in [0.1, 0.15) is 0 Å². The van der Waals surface area contributed by atoms with E-state index in [4.69, 9.17) is 26.1 Å². The van der Waals surface area contributed by atoms with Crippen molar-refractivity contribution in [3.63, 3.8) is 0 Å². The summed E-state index contributed by atoms with van der Waals surface area (Å²) in [7, 11) is 3.26. The highest BCUT2D eigenvalue weighted by atomic mass is 35.5. The lowest BCUT2D eigenvalue weighted by molar-refractivity contribution is 0.356. The number of hydrogen-bond acceptors (Lipinski definition) is 3. The van der Waals surface area contributed by atoms with E-state index in [9.17, 15) is 0 Å². The van der Waals surface area contributed by atoms with E-state index < -0.39 is 0 Å². The molecular weight excluding hydrogens is 310 g/mol. The van der Waals surface area contributed by atoms with Crippen LogP contribution in [-0.2, 0) is 0 Å². The van der Waals surface area contributed by atoms with E-state index in [0.717, 1.165) is 37.6 Å². The van der Waals surface area contributed by atoms with Gasteiger partial charge in [-0.05, 0) is 41.1 Å². The normalized spacial score (nSPS) is 11.3. The molecule has 0 atom stereocenters. The van der Waals surface area contributed by atoms with Gasteiger partial charge in [0, 0.05) is 21.9 Å². The summed E-state index contributed by atoms with van der Waals surface area (Å²) in [5, 5.41) is 5.08. The van der Waals surface area contributed by atoms with Crippen molar-refractivity contribution < 1.29 is 9.47 Å². The van der Waals surface area contributed by atoms with Gasteiger partial charge in [-0.25, -0.2) is 4.98 Å². The Morgan fingerprint density at radius 1 is 0.739 bits per heavy atom. The summed E-state index contributed by atoms with van der Waals surface area (Å²) < 4.78 is 10.7. The van der Waals surface area contributed by atoms with Gasteiger partial charge < -0.3 is 9.47 Å². The first-order valence-electron chi connectivity index (χ1n) is 7.24. The van der Waals surface area contributed by atoms with E-state index >= 15 is 0 Å². The molecule has 0 aliphatic heterocycles. The van der Waals surface area contributed by atoms with Crippen LogP contribution in [0.3, 0.4) is 0 Å².